The molecule has 29 heavy (non-hydrogen) atoms. The summed E-state index contributed by atoms with van der Waals surface area (Å²) in [6, 6.07) is 5.93. The summed E-state index contributed by atoms with van der Waals surface area (Å²) in [5, 5.41) is 9.75. The van der Waals surface area contributed by atoms with Crippen molar-refractivity contribution in [2.45, 2.75) is 18.8 Å². The first-order valence-corrected chi connectivity index (χ1v) is 9.41. The first kappa shape index (κ1) is 19.3. The van der Waals surface area contributed by atoms with Crippen molar-refractivity contribution in [3.8, 4) is 16.9 Å². The predicted octanol–water partition coefficient (Wildman–Crippen LogP) is 3.78. The molecule has 3 heterocycles. The van der Waals surface area contributed by atoms with Crippen molar-refractivity contribution in [2.75, 3.05) is 26.7 Å². The van der Waals surface area contributed by atoms with Crippen LogP contribution in [0.15, 0.2) is 30.5 Å². The minimum absolute atomic E-state index is 0.0566. The molecule has 1 aliphatic heterocycles. The molecule has 2 N–H and O–H groups in total. The molecule has 0 radical (unpaired) electrons. The summed E-state index contributed by atoms with van der Waals surface area (Å²) < 4.78 is 32.8. The number of carboxylic acids is 1. The van der Waals surface area contributed by atoms with Crippen LogP contribution in [0.25, 0.3) is 22.2 Å². The second-order valence-corrected chi connectivity index (χ2v) is 7.26. The van der Waals surface area contributed by atoms with Gasteiger partial charge in [-0.2, -0.15) is 0 Å². The summed E-state index contributed by atoms with van der Waals surface area (Å²) in [7, 11) is 1.42. The summed E-state index contributed by atoms with van der Waals surface area (Å²) in [5.41, 5.74) is 2.84. The lowest BCUT2D eigenvalue weighted by molar-refractivity contribution is -0.138. The van der Waals surface area contributed by atoms with Crippen molar-refractivity contribution in [1.82, 2.24) is 14.9 Å². The number of carbonyl (C=O) groups is 1. The second-order valence-electron chi connectivity index (χ2n) is 7.26. The maximum Gasteiger partial charge on any atom is 0.317 e. The maximum absolute atomic E-state index is 13.9. The predicted molar refractivity (Wildman–Crippen MR) is 104 cm³/mol. The average molecular weight is 401 g/mol. The molecule has 1 aliphatic rings. The Morgan fingerprint density at radius 3 is 2.66 bits per heavy atom. The normalized spacial score (nSPS) is 15.7. The molecule has 0 unspecified atom stereocenters. The number of pyridine rings is 1. The van der Waals surface area contributed by atoms with E-state index in [0.29, 0.717) is 29.9 Å². The monoisotopic (exact) mass is 401 g/mol. The van der Waals surface area contributed by atoms with Crippen LogP contribution < -0.4 is 4.74 Å². The van der Waals surface area contributed by atoms with E-state index in [1.165, 1.54) is 7.11 Å². The number of aromatic nitrogens is 2. The van der Waals surface area contributed by atoms with Gasteiger partial charge in [-0.15, -0.1) is 0 Å². The van der Waals surface area contributed by atoms with Gasteiger partial charge in [0.05, 0.1) is 13.7 Å². The number of hydrogen-bond acceptors (Lipinski definition) is 4. The van der Waals surface area contributed by atoms with E-state index < -0.39 is 17.6 Å². The number of nitrogens with zero attached hydrogens (tertiary/aromatic N) is 2. The largest absolute Gasteiger partial charge is 0.496 e. The summed E-state index contributed by atoms with van der Waals surface area (Å²) >= 11 is 0. The maximum atomic E-state index is 13.9. The highest BCUT2D eigenvalue weighted by atomic mass is 19.2. The van der Waals surface area contributed by atoms with E-state index in [0.717, 1.165) is 36.1 Å². The van der Waals surface area contributed by atoms with Crippen molar-refractivity contribution < 1.29 is 23.4 Å². The lowest BCUT2D eigenvalue weighted by atomic mass is 9.93. The number of carboxylic acid groups (broad SMARTS) is 1. The molecule has 1 saturated heterocycles. The average Bonchev–Trinajstić information content (AvgIpc) is 3.14. The molecular formula is C21H21F2N3O3. The number of aliphatic carboxylic acids is 1. The minimum atomic E-state index is -0.959. The van der Waals surface area contributed by atoms with Crippen molar-refractivity contribution in [3.63, 3.8) is 0 Å². The number of piperidine rings is 1. The van der Waals surface area contributed by atoms with Crippen LogP contribution in [0.5, 0.6) is 5.75 Å². The van der Waals surface area contributed by atoms with Crippen LogP contribution in [0.1, 0.15) is 24.5 Å². The Kier molecular flexibility index (Phi) is 5.19. The Labute approximate surface area is 166 Å². The van der Waals surface area contributed by atoms with Gasteiger partial charge in [-0.1, -0.05) is 0 Å². The van der Waals surface area contributed by atoms with E-state index in [2.05, 4.69) is 9.97 Å². The molecule has 0 spiro atoms. The van der Waals surface area contributed by atoms with Gasteiger partial charge in [0.25, 0.3) is 0 Å². The summed E-state index contributed by atoms with van der Waals surface area (Å²) in [6.45, 7) is 1.48. The van der Waals surface area contributed by atoms with E-state index in [9.17, 15) is 13.6 Å². The number of methoxy groups -OCH3 is 1. The number of ether oxygens (including phenoxy) is 1. The van der Waals surface area contributed by atoms with Gasteiger partial charge in [-0.25, -0.2) is 13.8 Å². The third-order valence-corrected chi connectivity index (χ3v) is 5.47. The highest BCUT2D eigenvalue weighted by Crippen LogP contribution is 2.38. The number of H-pyrrole nitrogens is 1. The van der Waals surface area contributed by atoms with Crippen LogP contribution >= 0.6 is 0 Å². The van der Waals surface area contributed by atoms with Gasteiger partial charge in [-0.3, -0.25) is 9.69 Å². The van der Waals surface area contributed by atoms with E-state index in [1.54, 1.807) is 12.3 Å². The standard InChI is InChI=1S/C21H21F2N3O3/c1-29-19-10-17(23)16(22)8-14(19)13-2-5-24-21-15(13)9-18(25-21)12-3-6-26(7-4-12)11-20(27)28/h2,5,8-10,12H,3-4,6-7,11H2,1H3,(H,24,25)(H,27,28). The molecule has 3 aromatic rings. The molecule has 0 saturated carbocycles. The van der Waals surface area contributed by atoms with Crippen molar-refractivity contribution in [3.05, 3.63) is 47.8 Å². The molecule has 6 nitrogen and oxygen atoms in total. The molecule has 4 rings (SSSR count). The van der Waals surface area contributed by atoms with Gasteiger partial charge < -0.3 is 14.8 Å². The third kappa shape index (κ3) is 3.80. The van der Waals surface area contributed by atoms with E-state index in [-0.39, 0.29) is 18.2 Å². The molecule has 0 aliphatic carbocycles. The number of halogens is 2. The first-order valence-electron chi connectivity index (χ1n) is 9.41. The van der Waals surface area contributed by atoms with Crippen LogP contribution in [0.3, 0.4) is 0 Å². The number of nitrogens with one attached hydrogen (secondary N) is 1. The quantitative estimate of drug-likeness (QED) is 0.680. The molecular weight excluding hydrogens is 380 g/mol. The van der Waals surface area contributed by atoms with E-state index in [1.807, 2.05) is 11.0 Å². The fourth-order valence-electron chi connectivity index (χ4n) is 4.00. The molecule has 0 amide bonds. The lowest BCUT2D eigenvalue weighted by Gasteiger charge is -2.30. The summed E-state index contributed by atoms with van der Waals surface area (Å²) in [5.74, 6) is -2.20. The van der Waals surface area contributed by atoms with Crippen molar-refractivity contribution >= 4 is 17.0 Å². The molecule has 152 valence electrons. The highest BCUT2D eigenvalue weighted by Gasteiger charge is 2.24. The zero-order valence-electron chi connectivity index (χ0n) is 15.9. The summed E-state index contributed by atoms with van der Waals surface area (Å²) in [4.78, 5) is 20.5. The Hall–Kier alpha value is -3.00. The Bertz CT molecular complexity index is 1060. The third-order valence-electron chi connectivity index (χ3n) is 5.47. The number of likely N-dealkylation sites (tertiary alicyclic amines) is 1. The van der Waals surface area contributed by atoms with E-state index in [4.69, 9.17) is 9.84 Å². The summed E-state index contributed by atoms with van der Waals surface area (Å²) in [6.07, 6.45) is 3.29. The van der Waals surface area contributed by atoms with Crippen molar-refractivity contribution in [1.29, 1.82) is 0 Å². The number of fused-ring (bicyclic) bond motifs is 1. The first-order chi connectivity index (χ1) is 14.0. The minimum Gasteiger partial charge on any atom is -0.496 e. The molecule has 0 bridgehead atoms. The topological polar surface area (TPSA) is 78.5 Å². The Balaban J connectivity index is 1.67. The van der Waals surface area contributed by atoms with Crippen LogP contribution in [0.4, 0.5) is 8.78 Å². The SMILES string of the molecule is COc1cc(F)c(F)cc1-c1ccnc2[nH]c(C3CCN(CC(=O)O)CC3)cc12. The number of rotatable bonds is 5. The van der Waals surface area contributed by atoms with Crippen LogP contribution in [-0.2, 0) is 4.79 Å². The molecule has 1 aromatic carbocycles. The zero-order chi connectivity index (χ0) is 20.5. The van der Waals surface area contributed by atoms with Gasteiger partial charge in [0.1, 0.15) is 11.4 Å². The van der Waals surface area contributed by atoms with Gasteiger partial charge >= 0.3 is 5.97 Å². The van der Waals surface area contributed by atoms with Gasteiger partial charge in [-0.05, 0) is 49.7 Å². The Morgan fingerprint density at radius 1 is 1.24 bits per heavy atom. The fraction of sp³-hybridized carbons (Fsp3) is 0.333. The Morgan fingerprint density at radius 2 is 1.97 bits per heavy atom. The van der Waals surface area contributed by atoms with Gasteiger partial charge in [0.2, 0.25) is 0 Å². The number of benzene rings is 1. The fourth-order valence-corrected chi connectivity index (χ4v) is 4.00. The van der Waals surface area contributed by atoms with E-state index >= 15 is 0 Å². The molecule has 2 aromatic heterocycles. The zero-order valence-corrected chi connectivity index (χ0v) is 15.9. The second kappa shape index (κ2) is 7.79. The van der Waals surface area contributed by atoms with Crippen LogP contribution in [0, 0.1) is 11.6 Å². The molecule has 8 heteroatoms. The number of hydrogen-bond donors (Lipinski definition) is 2. The van der Waals surface area contributed by atoms with Crippen molar-refractivity contribution in [2.24, 2.45) is 0 Å². The van der Waals surface area contributed by atoms with Gasteiger partial charge in [0, 0.05) is 34.8 Å². The molecule has 1 fully saturated rings. The smallest absolute Gasteiger partial charge is 0.317 e. The van der Waals surface area contributed by atoms with Crippen LogP contribution in [-0.4, -0.2) is 52.7 Å². The van der Waals surface area contributed by atoms with Gasteiger partial charge in [0.15, 0.2) is 11.6 Å². The molecule has 0 atom stereocenters. The lowest BCUT2D eigenvalue weighted by Crippen LogP contribution is -2.36. The number of aromatic amines is 1. The van der Waals surface area contributed by atoms with Crippen LogP contribution in [0.2, 0.25) is 0 Å². The highest BCUT2D eigenvalue weighted by molar-refractivity contribution is 5.95.